The Morgan fingerprint density at radius 2 is 0.981 bits per heavy atom. The lowest BCUT2D eigenvalue weighted by atomic mass is 9.42. The standard InChI is InChI=1S/C50H38N4/c51-30-31-10-7-15-36(23-31)37-20-21-43-44-19-9-18-42(46(44)50(45(43)29-37)40-24-32-22-33(26-40)27-41(50)25-32)38-16-8-17-39(28-38)49-53-47(34-11-3-1-4-12-34)52-48(54-49)35-13-5-2-6-14-35/h1-21,23,28-29,32-33,40-41H,22,24-27H2. The number of nitriles is 1. The van der Waals surface area contributed by atoms with Crippen molar-refractivity contribution in [1.29, 1.82) is 5.26 Å². The summed E-state index contributed by atoms with van der Waals surface area (Å²) < 4.78 is 0. The summed E-state index contributed by atoms with van der Waals surface area (Å²) in [5.74, 6) is 4.94. The molecule has 1 heterocycles. The topological polar surface area (TPSA) is 62.5 Å². The maximum absolute atomic E-state index is 9.72. The van der Waals surface area contributed by atoms with Crippen molar-refractivity contribution in [2.24, 2.45) is 23.7 Å². The first-order valence-electron chi connectivity index (χ1n) is 19.4. The summed E-state index contributed by atoms with van der Waals surface area (Å²) in [7, 11) is 0. The van der Waals surface area contributed by atoms with Gasteiger partial charge in [0.2, 0.25) is 0 Å². The van der Waals surface area contributed by atoms with E-state index in [2.05, 4.69) is 97.1 Å². The first-order chi connectivity index (χ1) is 26.7. The quantitative estimate of drug-likeness (QED) is 0.180. The molecule has 0 radical (unpaired) electrons. The van der Waals surface area contributed by atoms with Crippen molar-refractivity contribution in [2.45, 2.75) is 37.5 Å². The molecule has 5 aliphatic carbocycles. The molecule has 4 nitrogen and oxygen atoms in total. The normalized spacial score (nSPS) is 22.9. The Balaban J connectivity index is 1.09. The molecular weight excluding hydrogens is 657 g/mol. The number of aromatic nitrogens is 3. The van der Waals surface area contributed by atoms with E-state index in [4.69, 9.17) is 15.0 Å². The van der Waals surface area contributed by atoms with Crippen LogP contribution in [0.1, 0.15) is 48.8 Å². The molecule has 4 saturated carbocycles. The molecule has 258 valence electrons. The van der Waals surface area contributed by atoms with E-state index in [0.29, 0.717) is 34.9 Å². The maximum atomic E-state index is 9.72. The molecule has 0 unspecified atom stereocenters. The molecule has 0 atom stereocenters. The third-order valence-corrected chi connectivity index (χ3v) is 13.1. The maximum Gasteiger partial charge on any atom is 0.164 e. The van der Waals surface area contributed by atoms with Gasteiger partial charge < -0.3 is 0 Å². The lowest BCUT2D eigenvalue weighted by molar-refractivity contribution is -0.0397. The highest BCUT2D eigenvalue weighted by molar-refractivity contribution is 5.91. The van der Waals surface area contributed by atoms with Crippen LogP contribution >= 0.6 is 0 Å². The monoisotopic (exact) mass is 694 g/mol. The van der Waals surface area contributed by atoms with Gasteiger partial charge in [-0.05, 0) is 125 Å². The molecule has 5 aliphatic rings. The predicted molar refractivity (Wildman–Crippen MR) is 215 cm³/mol. The molecule has 0 N–H and O–H groups in total. The molecular formula is C50H38N4. The van der Waals surface area contributed by atoms with Crippen molar-refractivity contribution in [3.8, 4) is 73.6 Å². The lowest BCUT2D eigenvalue weighted by Crippen LogP contribution is -2.55. The average molecular weight is 695 g/mol. The van der Waals surface area contributed by atoms with E-state index in [1.165, 1.54) is 71.0 Å². The van der Waals surface area contributed by atoms with Crippen LogP contribution in [0.5, 0.6) is 0 Å². The molecule has 0 amide bonds. The minimum atomic E-state index is -0.0400. The fraction of sp³-hybridized carbons (Fsp3) is 0.200. The van der Waals surface area contributed by atoms with Gasteiger partial charge in [-0.2, -0.15) is 5.26 Å². The molecule has 0 saturated heterocycles. The fourth-order valence-electron chi connectivity index (χ4n) is 11.2. The Morgan fingerprint density at radius 3 is 1.65 bits per heavy atom. The third-order valence-electron chi connectivity index (χ3n) is 13.1. The summed E-state index contributed by atoms with van der Waals surface area (Å²) >= 11 is 0. The second kappa shape index (κ2) is 12.2. The van der Waals surface area contributed by atoms with E-state index in [-0.39, 0.29) is 5.41 Å². The van der Waals surface area contributed by atoms with Gasteiger partial charge in [0, 0.05) is 22.1 Å². The summed E-state index contributed by atoms with van der Waals surface area (Å²) in [5, 5.41) is 9.72. The first-order valence-corrected chi connectivity index (χ1v) is 19.4. The van der Waals surface area contributed by atoms with Crippen LogP contribution in [0.4, 0.5) is 0 Å². The van der Waals surface area contributed by atoms with E-state index < -0.39 is 0 Å². The van der Waals surface area contributed by atoms with E-state index >= 15 is 0 Å². The Bertz CT molecular complexity index is 2550. The van der Waals surface area contributed by atoms with Crippen LogP contribution in [0, 0.1) is 35.0 Å². The van der Waals surface area contributed by atoms with E-state index in [1.54, 1.807) is 0 Å². The second-order valence-corrected chi connectivity index (χ2v) is 16.0. The number of rotatable bonds is 5. The van der Waals surface area contributed by atoms with E-state index in [1.807, 2.05) is 54.6 Å². The lowest BCUT2D eigenvalue weighted by Gasteiger charge is -2.61. The molecule has 12 rings (SSSR count). The van der Waals surface area contributed by atoms with Crippen LogP contribution in [0.15, 0.2) is 146 Å². The molecule has 4 bridgehead atoms. The minimum absolute atomic E-state index is 0.0400. The molecule has 4 fully saturated rings. The van der Waals surface area contributed by atoms with E-state index in [9.17, 15) is 5.26 Å². The van der Waals surface area contributed by atoms with Crippen LogP contribution in [-0.4, -0.2) is 15.0 Å². The van der Waals surface area contributed by atoms with E-state index in [0.717, 1.165) is 34.1 Å². The van der Waals surface area contributed by atoms with Crippen molar-refractivity contribution >= 4 is 0 Å². The molecule has 4 heteroatoms. The molecule has 1 aromatic heterocycles. The number of hydrogen-bond donors (Lipinski definition) is 0. The zero-order valence-electron chi connectivity index (χ0n) is 30.0. The number of hydrogen-bond acceptors (Lipinski definition) is 4. The molecule has 54 heavy (non-hydrogen) atoms. The second-order valence-electron chi connectivity index (χ2n) is 16.0. The van der Waals surface area contributed by atoms with Crippen molar-refractivity contribution in [3.05, 3.63) is 162 Å². The third kappa shape index (κ3) is 4.78. The van der Waals surface area contributed by atoms with Gasteiger partial charge in [0.05, 0.1) is 11.6 Å². The number of benzene rings is 6. The van der Waals surface area contributed by atoms with Crippen LogP contribution in [-0.2, 0) is 5.41 Å². The largest absolute Gasteiger partial charge is 0.208 e. The highest BCUT2D eigenvalue weighted by Gasteiger charge is 2.62. The number of nitrogens with zero attached hydrogens (tertiary/aromatic N) is 4. The summed E-state index contributed by atoms with van der Waals surface area (Å²) in [4.78, 5) is 15.1. The molecule has 1 spiro atoms. The Hall–Kier alpha value is -6.18. The van der Waals surface area contributed by atoms with Crippen molar-refractivity contribution in [1.82, 2.24) is 15.0 Å². The van der Waals surface area contributed by atoms with Crippen molar-refractivity contribution < 1.29 is 0 Å². The van der Waals surface area contributed by atoms with Gasteiger partial charge in [-0.3, -0.25) is 0 Å². The molecule has 7 aromatic rings. The fourth-order valence-corrected chi connectivity index (χ4v) is 11.2. The van der Waals surface area contributed by atoms with Crippen molar-refractivity contribution in [3.63, 3.8) is 0 Å². The molecule has 0 aliphatic heterocycles. The predicted octanol–water partition coefficient (Wildman–Crippen LogP) is 11.8. The Labute approximate surface area is 316 Å². The summed E-state index contributed by atoms with van der Waals surface area (Å²) in [6, 6.07) is 53.9. The van der Waals surface area contributed by atoms with Gasteiger partial charge in [-0.25, -0.2) is 15.0 Å². The Kier molecular flexibility index (Phi) is 7.07. The highest BCUT2D eigenvalue weighted by atomic mass is 15.0. The molecule has 6 aromatic carbocycles. The van der Waals surface area contributed by atoms with Crippen LogP contribution in [0.3, 0.4) is 0 Å². The zero-order chi connectivity index (χ0) is 35.8. The van der Waals surface area contributed by atoms with Gasteiger partial charge in [0.15, 0.2) is 17.5 Å². The van der Waals surface area contributed by atoms with Crippen LogP contribution in [0.25, 0.3) is 67.5 Å². The summed E-state index contributed by atoms with van der Waals surface area (Å²) in [6.45, 7) is 0. The van der Waals surface area contributed by atoms with Gasteiger partial charge in [0.1, 0.15) is 0 Å². The number of fused-ring (bicyclic) bond motifs is 3. The highest BCUT2D eigenvalue weighted by Crippen LogP contribution is 2.70. The van der Waals surface area contributed by atoms with Crippen molar-refractivity contribution in [2.75, 3.05) is 0 Å². The van der Waals surface area contributed by atoms with Gasteiger partial charge in [-0.1, -0.05) is 121 Å². The summed E-state index contributed by atoms with van der Waals surface area (Å²) in [6.07, 6.45) is 6.65. The SMILES string of the molecule is N#Cc1cccc(-c2ccc3c(c2)C2(c4c(-c5cccc(-c6nc(-c7ccccc7)nc(-c7ccccc7)n6)c5)cccc4-3)C3CC4CC(C3)CC2C4)c1. The average Bonchev–Trinajstić information content (AvgIpc) is 3.53. The van der Waals surface area contributed by atoms with Crippen LogP contribution < -0.4 is 0 Å². The minimum Gasteiger partial charge on any atom is -0.208 e. The van der Waals surface area contributed by atoms with Gasteiger partial charge >= 0.3 is 0 Å². The Morgan fingerprint density at radius 1 is 0.444 bits per heavy atom. The first kappa shape index (κ1) is 31.4. The smallest absolute Gasteiger partial charge is 0.164 e. The zero-order valence-corrected chi connectivity index (χ0v) is 30.0. The van der Waals surface area contributed by atoms with Gasteiger partial charge in [0.25, 0.3) is 0 Å². The summed E-state index contributed by atoms with van der Waals surface area (Å²) in [5.41, 5.74) is 14.2. The van der Waals surface area contributed by atoms with Gasteiger partial charge in [-0.15, -0.1) is 0 Å². The van der Waals surface area contributed by atoms with Crippen LogP contribution in [0.2, 0.25) is 0 Å².